The molecule has 0 aliphatic heterocycles. The van der Waals surface area contributed by atoms with Crippen LogP contribution in [0, 0.1) is 6.57 Å². The summed E-state index contributed by atoms with van der Waals surface area (Å²) in [6.45, 7) is 8.00. The zero-order valence-corrected chi connectivity index (χ0v) is 25.1. The summed E-state index contributed by atoms with van der Waals surface area (Å²) >= 11 is 0. The molecule has 0 saturated heterocycles. The number of hydrogen-bond donors (Lipinski definition) is 0. The van der Waals surface area contributed by atoms with Crippen molar-refractivity contribution in [2.75, 3.05) is 0 Å². The first-order valence-electron chi connectivity index (χ1n) is 15.6. The lowest BCUT2D eigenvalue weighted by molar-refractivity contribution is 0.671. The second-order valence-electron chi connectivity index (χ2n) is 11.9. The molecule has 5 heteroatoms. The quantitative estimate of drug-likeness (QED) is 0.189. The van der Waals surface area contributed by atoms with Gasteiger partial charge in [-0.15, -0.1) is 0 Å². The molecule has 4 aromatic heterocycles. The van der Waals surface area contributed by atoms with Gasteiger partial charge in [0.2, 0.25) is 0 Å². The molecule has 47 heavy (non-hydrogen) atoms. The number of para-hydroxylation sites is 3. The van der Waals surface area contributed by atoms with Gasteiger partial charge in [0.05, 0.1) is 34.8 Å². The summed E-state index contributed by atoms with van der Waals surface area (Å²) in [4.78, 5) is 8.43. The molecule has 6 aromatic carbocycles. The second kappa shape index (κ2) is 9.68. The molecule has 0 spiro atoms. The number of hydrogen-bond acceptors (Lipinski definition) is 2. The van der Waals surface area contributed by atoms with E-state index in [1.807, 2.05) is 36.7 Å². The highest BCUT2D eigenvalue weighted by atomic mass is 16.3. The molecule has 218 valence electrons. The molecule has 10 rings (SSSR count). The fraction of sp³-hybridized carbons (Fsp3) is 0. The Morgan fingerprint density at radius 3 is 2.04 bits per heavy atom. The van der Waals surface area contributed by atoms with Gasteiger partial charge >= 0.3 is 0 Å². The van der Waals surface area contributed by atoms with Crippen molar-refractivity contribution < 1.29 is 4.42 Å². The van der Waals surface area contributed by atoms with Crippen LogP contribution in [-0.4, -0.2) is 14.1 Å². The van der Waals surface area contributed by atoms with Crippen LogP contribution in [0.4, 0.5) is 5.69 Å². The number of fused-ring (bicyclic) bond motifs is 10. The third kappa shape index (κ3) is 3.67. The van der Waals surface area contributed by atoms with Gasteiger partial charge in [-0.1, -0.05) is 72.8 Å². The maximum Gasteiger partial charge on any atom is 0.189 e. The summed E-state index contributed by atoms with van der Waals surface area (Å²) in [6, 6.07) is 46.2. The lowest BCUT2D eigenvalue weighted by Gasteiger charge is -2.13. The standard InChI is InChI=1S/C42H24N4O/c1-43-28-21-27(23-30(24-28)45-37-14-5-2-11-31(37)32-12-3-6-15-38(32)45)26-9-8-10-29(22-26)46-39-25-44-20-19-33(39)35-17-18-36-34-13-4-7-16-40(34)47-42(36)41(35)46/h2-25H. The van der Waals surface area contributed by atoms with E-state index in [0.717, 1.165) is 77.3 Å². The van der Waals surface area contributed by atoms with E-state index in [1.165, 1.54) is 10.8 Å². The summed E-state index contributed by atoms with van der Waals surface area (Å²) < 4.78 is 11.1. The minimum atomic E-state index is 0.592. The highest BCUT2D eigenvalue weighted by Crippen LogP contribution is 2.41. The number of rotatable bonds is 3. The maximum atomic E-state index is 8.00. The molecule has 0 radical (unpaired) electrons. The molecule has 0 N–H and O–H groups in total. The molecular weight excluding hydrogens is 576 g/mol. The number of aromatic nitrogens is 3. The van der Waals surface area contributed by atoms with Gasteiger partial charge in [0.25, 0.3) is 0 Å². The van der Waals surface area contributed by atoms with Gasteiger partial charge in [-0.3, -0.25) is 4.98 Å². The van der Waals surface area contributed by atoms with Crippen LogP contribution in [0.5, 0.6) is 0 Å². The van der Waals surface area contributed by atoms with Crippen molar-refractivity contribution in [3.05, 3.63) is 157 Å². The molecular formula is C42H24N4O. The summed E-state index contributed by atoms with van der Waals surface area (Å²) in [5, 5.41) is 6.80. The molecule has 0 saturated carbocycles. The number of furan rings is 1. The lowest BCUT2D eigenvalue weighted by atomic mass is 10.0. The Balaban J connectivity index is 1.22. The first kappa shape index (κ1) is 25.7. The Morgan fingerprint density at radius 2 is 1.23 bits per heavy atom. The Bertz CT molecular complexity index is 2880. The van der Waals surface area contributed by atoms with Crippen molar-refractivity contribution in [2.45, 2.75) is 0 Å². The molecule has 0 aliphatic carbocycles. The van der Waals surface area contributed by atoms with E-state index in [0.29, 0.717) is 5.69 Å². The van der Waals surface area contributed by atoms with Gasteiger partial charge in [-0.05, 0) is 71.8 Å². The summed E-state index contributed by atoms with van der Waals surface area (Å²) in [7, 11) is 0. The van der Waals surface area contributed by atoms with Crippen LogP contribution in [0.3, 0.4) is 0 Å². The molecule has 10 aromatic rings. The van der Waals surface area contributed by atoms with E-state index in [9.17, 15) is 0 Å². The molecule has 0 unspecified atom stereocenters. The van der Waals surface area contributed by atoms with Crippen molar-refractivity contribution in [3.63, 3.8) is 0 Å². The van der Waals surface area contributed by atoms with Crippen molar-refractivity contribution in [3.8, 4) is 22.5 Å². The highest BCUT2D eigenvalue weighted by Gasteiger charge is 2.20. The van der Waals surface area contributed by atoms with E-state index in [-0.39, 0.29) is 0 Å². The van der Waals surface area contributed by atoms with Gasteiger partial charge < -0.3 is 13.6 Å². The molecule has 0 bridgehead atoms. The third-order valence-corrected chi connectivity index (χ3v) is 9.38. The topological polar surface area (TPSA) is 40.2 Å². The fourth-order valence-corrected chi connectivity index (χ4v) is 7.38. The van der Waals surface area contributed by atoms with Gasteiger partial charge in [-0.25, -0.2) is 4.85 Å². The SMILES string of the molecule is [C-]#[N+]c1cc(-c2cccc(-n3c4cnccc4c4ccc5c6ccccc6oc5c43)c2)cc(-n2c3ccccc3c3ccccc32)c1. The Labute approximate surface area is 269 Å². The Morgan fingerprint density at radius 1 is 0.532 bits per heavy atom. The van der Waals surface area contributed by atoms with Gasteiger partial charge in [-0.2, -0.15) is 0 Å². The second-order valence-corrected chi connectivity index (χ2v) is 11.9. The first-order chi connectivity index (χ1) is 23.3. The molecule has 0 amide bonds. The van der Waals surface area contributed by atoms with Crippen molar-refractivity contribution in [1.29, 1.82) is 0 Å². The predicted molar refractivity (Wildman–Crippen MR) is 192 cm³/mol. The van der Waals surface area contributed by atoms with Crippen LogP contribution in [0.1, 0.15) is 0 Å². The number of nitrogens with zero attached hydrogens (tertiary/aromatic N) is 4. The van der Waals surface area contributed by atoms with E-state index in [2.05, 4.69) is 128 Å². The zero-order valence-electron chi connectivity index (χ0n) is 25.1. The Kier molecular flexibility index (Phi) is 5.28. The van der Waals surface area contributed by atoms with E-state index in [1.54, 1.807) is 0 Å². The van der Waals surface area contributed by atoms with Crippen molar-refractivity contribution in [2.24, 2.45) is 0 Å². The maximum absolute atomic E-state index is 8.00. The van der Waals surface area contributed by atoms with Crippen LogP contribution in [-0.2, 0) is 0 Å². The third-order valence-electron chi connectivity index (χ3n) is 9.38. The molecule has 0 aliphatic rings. The largest absolute Gasteiger partial charge is 0.454 e. The van der Waals surface area contributed by atoms with Crippen LogP contribution < -0.4 is 0 Å². The number of pyridine rings is 1. The van der Waals surface area contributed by atoms with E-state index >= 15 is 0 Å². The van der Waals surface area contributed by atoms with E-state index in [4.69, 9.17) is 11.0 Å². The first-order valence-corrected chi connectivity index (χ1v) is 15.6. The highest BCUT2D eigenvalue weighted by molar-refractivity contribution is 6.21. The minimum absolute atomic E-state index is 0.592. The monoisotopic (exact) mass is 600 g/mol. The van der Waals surface area contributed by atoms with Crippen LogP contribution in [0.25, 0.3) is 92.9 Å². The molecule has 0 atom stereocenters. The molecule has 5 nitrogen and oxygen atoms in total. The lowest BCUT2D eigenvalue weighted by Crippen LogP contribution is -1.96. The fourth-order valence-electron chi connectivity index (χ4n) is 7.38. The smallest absolute Gasteiger partial charge is 0.189 e. The molecule has 0 fully saturated rings. The minimum Gasteiger partial charge on any atom is -0.454 e. The summed E-state index contributed by atoms with van der Waals surface area (Å²) in [5.41, 5.74) is 10.5. The van der Waals surface area contributed by atoms with Gasteiger partial charge in [0.15, 0.2) is 11.3 Å². The van der Waals surface area contributed by atoms with Crippen LogP contribution >= 0.6 is 0 Å². The van der Waals surface area contributed by atoms with E-state index < -0.39 is 0 Å². The average molecular weight is 601 g/mol. The van der Waals surface area contributed by atoms with Crippen LogP contribution in [0.15, 0.2) is 150 Å². The van der Waals surface area contributed by atoms with Gasteiger partial charge in [0, 0.05) is 49.9 Å². The normalized spacial score (nSPS) is 11.8. The van der Waals surface area contributed by atoms with Crippen LogP contribution in [0.2, 0.25) is 0 Å². The summed E-state index contributed by atoms with van der Waals surface area (Å²) in [6.07, 6.45) is 3.77. The predicted octanol–water partition coefficient (Wildman–Crippen LogP) is 11.4. The number of benzene rings is 6. The zero-order chi connectivity index (χ0) is 31.1. The Hall–Kier alpha value is -6.64. The molecule has 4 heterocycles. The van der Waals surface area contributed by atoms with Crippen molar-refractivity contribution >= 4 is 71.2 Å². The van der Waals surface area contributed by atoms with Crippen molar-refractivity contribution in [1.82, 2.24) is 14.1 Å². The van der Waals surface area contributed by atoms with Gasteiger partial charge in [0.1, 0.15) is 5.58 Å². The average Bonchev–Trinajstić information content (AvgIpc) is 3.79. The summed E-state index contributed by atoms with van der Waals surface area (Å²) in [5.74, 6) is 0.